The number of azide groups is 1. The maximum Gasteiger partial charge on any atom is 0.234 e. The minimum Gasteiger partial charge on any atom is -0.388 e. The van der Waals surface area contributed by atoms with Gasteiger partial charge in [-0.15, -0.1) is 0 Å². The second-order valence-electron chi connectivity index (χ2n) is 11.5. The summed E-state index contributed by atoms with van der Waals surface area (Å²) < 4.78 is 0. The predicted molar refractivity (Wildman–Crippen MR) is 126 cm³/mol. The molecule has 0 bridgehead atoms. The lowest BCUT2D eigenvalue weighted by Gasteiger charge is -2.62. The molecule has 8 heteroatoms. The number of piperidine rings is 1. The molecule has 3 saturated carbocycles. The average Bonchev–Trinajstić information content (AvgIpc) is 3.07. The molecule has 1 saturated heterocycles. The standard InChI is InChI=1S/C25H41N5O3/c1-6-30(7-2)22(32)21(27-28-26)25(33)15-11-18-16-8-9-19-23(3,13-12-20(31)29(19)5)17(16)10-14-24(18,25)4/h16-19,21,33H,6-15H2,1-5H3/t16-,17+,18+,19-,21+,23-,24+,25+/m1/s1. The van der Waals surface area contributed by atoms with E-state index in [0.29, 0.717) is 49.7 Å². The molecular weight excluding hydrogens is 418 g/mol. The third kappa shape index (κ3) is 3.31. The number of aliphatic hydroxyl groups is 1. The minimum absolute atomic E-state index is 0.106. The quantitative estimate of drug-likeness (QED) is 0.379. The van der Waals surface area contributed by atoms with Crippen molar-refractivity contribution in [1.82, 2.24) is 9.80 Å². The molecule has 4 fully saturated rings. The zero-order valence-electron chi connectivity index (χ0n) is 21.0. The van der Waals surface area contributed by atoms with Crippen LogP contribution in [0.4, 0.5) is 0 Å². The molecule has 0 aromatic rings. The summed E-state index contributed by atoms with van der Waals surface area (Å²) in [7, 11) is 1.97. The Morgan fingerprint density at radius 2 is 1.85 bits per heavy atom. The van der Waals surface area contributed by atoms with Gasteiger partial charge in [0.2, 0.25) is 11.8 Å². The van der Waals surface area contributed by atoms with Gasteiger partial charge in [-0.25, -0.2) is 0 Å². The molecule has 0 aromatic heterocycles. The van der Waals surface area contributed by atoms with Crippen molar-refractivity contribution in [3.63, 3.8) is 0 Å². The van der Waals surface area contributed by atoms with E-state index >= 15 is 0 Å². The normalized spacial score (nSPS) is 43.1. The van der Waals surface area contributed by atoms with Crippen molar-refractivity contribution in [2.24, 2.45) is 33.7 Å². The fourth-order valence-electron chi connectivity index (χ4n) is 8.76. The molecular formula is C25H41N5O3. The summed E-state index contributed by atoms with van der Waals surface area (Å²) in [5, 5.41) is 16.1. The van der Waals surface area contributed by atoms with Crippen molar-refractivity contribution in [2.75, 3.05) is 20.1 Å². The number of amides is 2. The van der Waals surface area contributed by atoms with E-state index in [9.17, 15) is 20.2 Å². The van der Waals surface area contributed by atoms with Crippen molar-refractivity contribution >= 4 is 11.8 Å². The van der Waals surface area contributed by atoms with E-state index in [0.717, 1.165) is 38.5 Å². The smallest absolute Gasteiger partial charge is 0.234 e. The highest BCUT2D eigenvalue weighted by molar-refractivity contribution is 5.84. The van der Waals surface area contributed by atoms with Gasteiger partial charge in [0.15, 0.2) is 0 Å². The van der Waals surface area contributed by atoms with Crippen molar-refractivity contribution in [3.05, 3.63) is 10.4 Å². The number of hydrogen-bond acceptors (Lipinski definition) is 4. The van der Waals surface area contributed by atoms with E-state index in [2.05, 4.69) is 23.9 Å². The Kier molecular flexibility index (Phi) is 6.24. The molecule has 1 aliphatic heterocycles. The largest absolute Gasteiger partial charge is 0.388 e. The molecule has 0 unspecified atom stereocenters. The Balaban J connectivity index is 1.66. The summed E-state index contributed by atoms with van der Waals surface area (Å²) in [5.74, 6) is 1.29. The number of likely N-dealkylation sites (tertiary alicyclic amines) is 1. The summed E-state index contributed by atoms with van der Waals surface area (Å²) in [6, 6.07) is -0.788. The molecule has 0 aromatic carbocycles. The van der Waals surface area contributed by atoms with E-state index in [1.54, 1.807) is 4.90 Å². The topological polar surface area (TPSA) is 110 Å². The zero-order chi connectivity index (χ0) is 24.2. The molecule has 184 valence electrons. The average molecular weight is 460 g/mol. The lowest BCUT2D eigenvalue weighted by molar-refractivity contribution is -0.175. The summed E-state index contributed by atoms with van der Waals surface area (Å²) >= 11 is 0. The highest BCUT2D eigenvalue weighted by atomic mass is 16.3. The van der Waals surface area contributed by atoms with Gasteiger partial charge in [-0.05, 0) is 87.5 Å². The molecule has 2 amide bonds. The number of carbonyl (C=O) groups is 2. The van der Waals surface area contributed by atoms with Crippen LogP contribution in [0.3, 0.4) is 0 Å². The molecule has 4 rings (SSSR count). The first kappa shape index (κ1) is 24.3. The molecule has 33 heavy (non-hydrogen) atoms. The van der Waals surface area contributed by atoms with E-state index in [-0.39, 0.29) is 17.2 Å². The predicted octanol–water partition coefficient (Wildman–Crippen LogP) is 4.13. The maximum absolute atomic E-state index is 13.4. The van der Waals surface area contributed by atoms with Gasteiger partial charge in [0.1, 0.15) is 6.04 Å². The maximum atomic E-state index is 13.4. The van der Waals surface area contributed by atoms with Gasteiger partial charge in [-0.2, -0.15) is 0 Å². The molecule has 0 spiro atoms. The lowest BCUT2D eigenvalue weighted by atomic mass is 9.46. The Morgan fingerprint density at radius 1 is 1.18 bits per heavy atom. The summed E-state index contributed by atoms with van der Waals surface area (Å²) in [6.45, 7) is 9.40. The summed E-state index contributed by atoms with van der Waals surface area (Å²) in [6.07, 6.45) is 6.76. The minimum atomic E-state index is -1.33. The SMILES string of the molecule is CCN(CC)C(=O)[C@H](N=[N+]=[N-])[C@@]1(O)CC[C@H]2[C@@H]3CC[C@H]4N(C)C(=O)CC[C@]4(C)[C@H]3CC[C@@]21C. The van der Waals surface area contributed by atoms with Gasteiger partial charge in [0.05, 0.1) is 5.60 Å². The van der Waals surface area contributed by atoms with Crippen LogP contribution in [0.2, 0.25) is 0 Å². The third-order valence-electron chi connectivity index (χ3n) is 10.7. The van der Waals surface area contributed by atoms with Crippen LogP contribution < -0.4 is 0 Å². The Hall–Kier alpha value is -1.79. The molecule has 1 heterocycles. The van der Waals surface area contributed by atoms with Gasteiger partial charge in [-0.3, -0.25) is 9.59 Å². The first-order valence-corrected chi connectivity index (χ1v) is 12.9. The van der Waals surface area contributed by atoms with Crippen LogP contribution in [0.25, 0.3) is 10.4 Å². The highest BCUT2D eigenvalue weighted by Gasteiger charge is 2.67. The van der Waals surface area contributed by atoms with Crippen molar-refractivity contribution < 1.29 is 14.7 Å². The van der Waals surface area contributed by atoms with Gasteiger partial charge in [-0.1, -0.05) is 19.0 Å². The van der Waals surface area contributed by atoms with E-state index < -0.39 is 17.1 Å². The molecule has 0 radical (unpaired) electrons. The van der Waals surface area contributed by atoms with E-state index in [1.807, 2.05) is 25.8 Å². The lowest BCUT2D eigenvalue weighted by Crippen LogP contribution is -2.64. The van der Waals surface area contributed by atoms with Crippen molar-refractivity contribution in [2.45, 2.75) is 96.7 Å². The van der Waals surface area contributed by atoms with Gasteiger partial charge >= 0.3 is 0 Å². The van der Waals surface area contributed by atoms with Crippen LogP contribution in [0, 0.1) is 28.6 Å². The van der Waals surface area contributed by atoms with Crippen LogP contribution in [0.5, 0.6) is 0 Å². The van der Waals surface area contributed by atoms with Crippen LogP contribution in [0.1, 0.15) is 79.1 Å². The van der Waals surface area contributed by atoms with Crippen molar-refractivity contribution in [3.8, 4) is 0 Å². The summed E-state index contributed by atoms with van der Waals surface area (Å²) in [5.41, 5.74) is 7.62. The van der Waals surface area contributed by atoms with Gasteiger partial charge in [0, 0.05) is 42.9 Å². The first-order valence-electron chi connectivity index (χ1n) is 12.9. The molecule has 4 aliphatic rings. The second-order valence-corrected chi connectivity index (χ2v) is 11.5. The van der Waals surface area contributed by atoms with Crippen LogP contribution >= 0.6 is 0 Å². The highest BCUT2D eigenvalue weighted by Crippen LogP contribution is 2.67. The Bertz CT molecular complexity index is 855. The summed E-state index contributed by atoms with van der Waals surface area (Å²) in [4.78, 5) is 32.4. The van der Waals surface area contributed by atoms with E-state index in [1.165, 1.54) is 0 Å². The van der Waals surface area contributed by atoms with Gasteiger partial charge < -0.3 is 14.9 Å². The molecule has 3 aliphatic carbocycles. The zero-order valence-corrected chi connectivity index (χ0v) is 21.0. The number of rotatable bonds is 5. The van der Waals surface area contributed by atoms with Crippen LogP contribution in [-0.4, -0.2) is 64.5 Å². The number of fused-ring (bicyclic) bond motifs is 5. The van der Waals surface area contributed by atoms with Crippen molar-refractivity contribution in [1.29, 1.82) is 0 Å². The fraction of sp³-hybridized carbons (Fsp3) is 0.920. The van der Waals surface area contributed by atoms with Gasteiger partial charge in [0.25, 0.3) is 0 Å². The monoisotopic (exact) mass is 459 g/mol. The number of likely N-dealkylation sites (N-methyl/N-ethyl adjacent to an activating group) is 1. The Morgan fingerprint density at radius 3 is 2.48 bits per heavy atom. The number of nitrogens with zero attached hydrogens (tertiary/aromatic N) is 5. The van der Waals surface area contributed by atoms with E-state index in [4.69, 9.17) is 0 Å². The van der Waals surface area contributed by atoms with Crippen LogP contribution in [0.15, 0.2) is 5.11 Å². The third-order valence-corrected chi connectivity index (χ3v) is 10.7. The number of hydrogen-bond donors (Lipinski definition) is 1. The molecule has 8 nitrogen and oxygen atoms in total. The second kappa shape index (κ2) is 8.46. The molecule has 1 N–H and O–H groups in total. The molecule has 8 atom stereocenters. The fourth-order valence-corrected chi connectivity index (χ4v) is 8.76. The number of carbonyl (C=O) groups excluding carboxylic acids is 2. The first-order chi connectivity index (χ1) is 15.6. The Labute approximate surface area is 197 Å². The van der Waals surface area contributed by atoms with Crippen LogP contribution in [-0.2, 0) is 9.59 Å².